The van der Waals surface area contributed by atoms with Gasteiger partial charge in [-0.1, -0.05) is 60.9 Å². The van der Waals surface area contributed by atoms with Gasteiger partial charge in [0.1, 0.15) is 13.2 Å². The molecule has 0 radical (unpaired) electrons. The van der Waals surface area contributed by atoms with Crippen molar-refractivity contribution in [3.8, 4) is 23.5 Å². The van der Waals surface area contributed by atoms with E-state index in [1.165, 1.54) is 0 Å². The number of ether oxygens (including phenoxy) is 1. The predicted octanol–water partition coefficient (Wildman–Crippen LogP) is 3.24. The fourth-order valence-electron chi connectivity index (χ4n) is 4.94. The Hall–Kier alpha value is -3.79. The highest BCUT2D eigenvalue weighted by Crippen LogP contribution is 2.44. The van der Waals surface area contributed by atoms with Gasteiger partial charge in [0.2, 0.25) is 5.91 Å². The molecular formula is C26H26N2O5. The first kappa shape index (κ1) is 22.4. The SMILES string of the molecule is C#CCN(CC(=O)O)C(=O)[C@@H]1CCC[C@@H]1NC(=O)OCC1c2ccccc2-c2ccccc21. The van der Waals surface area contributed by atoms with Crippen LogP contribution in [0.2, 0.25) is 0 Å². The molecule has 2 atom stereocenters. The molecule has 2 aliphatic carbocycles. The second-order valence-electron chi connectivity index (χ2n) is 8.41. The van der Waals surface area contributed by atoms with Gasteiger partial charge in [-0.05, 0) is 35.1 Å². The molecule has 0 aromatic heterocycles. The zero-order chi connectivity index (χ0) is 23.4. The first-order chi connectivity index (χ1) is 16.0. The number of hydrogen-bond acceptors (Lipinski definition) is 4. The topological polar surface area (TPSA) is 95.9 Å². The number of carbonyl (C=O) groups is 3. The van der Waals surface area contributed by atoms with Crippen LogP contribution in [-0.4, -0.2) is 53.7 Å². The van der Waals surface area contributed by atoms with Gasteiger partial charge in [-0.25, -0.2) is 4.79 Å². The number of nitrogens with zero attached hydrogens (tertiary/aromatic N) is 1. The first-order valence-corrected chi connectivity index (χ1v) is 11.0. The van der Waals surface area contributed by atoms with E-state index in [4.69, 9.17) is 16.3 Å². The molecule has 2 aromatic carbocycles. The van der Waals surface area contributed by atoms with E-state index in [0.29, 0.717) is 12.8 Å². The van der Waals surface area contributed by atoms with Crippen molar-refractivity contribution in [2.75, 3.05) is 19.7 Å². The molecule has 170 valence electrons. The molecule has 1 fully saturated rings. The Morgan fingerprint density at radius 2 is 1.70 bits per heavy atom. The summed E-state index contributed by atoms with van der Waals surface area (Å²) in [5.74, 6) is 0.288. The van der Waals surface area contributed by atoms with Crippen molar-refractivity contribution < 1.29 is 24.2 Å². The number of benzene rings is 2. The smallest absolute Gasteiger partial charge is 0.407 e. The second-order valence-corrected chi connectivity index (χ2v) is 8.41. The molecule has 33 heavy (non-hydrogen) atoms. The molecule has 7 nitrogen and oxygen atoms in total. The van der Waals surface area contributed by atoms with Crippen LogP contribution < -0.4 is 5.32 Å². The lowest BCUT2D eigenvalue weighted by Crippen LogP contribution is -2.47. The van der Waals surface area contributed by atoms with Gasteiger partial charge in [-0.2, -0.15) is 0 Å². The Balaban J connectivity index is 1.39. The van der Waals surface area contributed by atoms with E-state index in [1.54, 1.807) is 0 Å². The number of terminal acetylenes is 1. The average Bonchev–Trinajstić information content (AvgIpc) is 3.39. The molecule has 2 aliphatic rings. The summed E-state index contributed by atoms with van der Waals surface area (Å²) in [4.78, 5) is 37.8. The Morgan fingerprint density at radius 3 is 2.30 bits per heavy atom. The highest BCUT2D eigenvalue weighted by molar-refractivity contribution is 5.85. The van der Waals surface area contributed by atoms with Crippen LogP contribution in [0.5, 0.6) is 0 Å². The van der Waals surface area contributed by atoms with Crippen LogP contribution in [0.4, 0.5) is 4.79 Å². The lowest BCUT2D eigenvalue weighted by molar-refractivity contribution is -0.146. The third-order valence-electron chi connectivity index (χ3n) is 6.40. The van der Waals surface area contributed by atoms with Gasteiger partial charge < -0.3 is 20.1 Å². The Morgan fingerprint density at radius 1 is 1.06 bits per heavy atom. The third-order valence-corrected chi connectivity index (χ3v) is 6.40. The Labute approximate surface area is 192 Å². The maximum absolute atomic E-state index is 12.9. The monoisotopic (exact) mass is 446 g/mol. The van der Waals surface area contributed by atoms with E-state index in [2.05, 4.69) is 35.5 Å². The number of rotatable bonds is 7. The van der Waals surface area contributed by atoms with E-state index < -0.39 is 30.6 Å². The molecule has 4 rings (SSSR count). The summed E-state index contributed by atoms with van der Waals surface area (Å²) in [7, 11) is 0. The van der Waals surface area contributed by atoms with E-state index in [9.17, 15) is 14.4 Å². The molecule has 2 amide bonds. The van der Waals surface area contributed by atoms with Crippen molar-refractivity contribution in [1.29, 1.82) is 0 Å². The maximum atomic E-state index is 12.9. The van der Waals surface area contributed by atoms with Gasteiger partial charge in [-0.3, -0.25) is 9.59 Å². The predicted molar refractivity (Wildman–Crippen MR) is 122 cm³/mol. The van der Waals surface area contributed by atoms with Crippen molar-refractivity contribution in [3.05, 3.63) is 59.7 Å². The minimum Gasteiger partial charge on any atom is -0.480 e. The van der Waals surface area contributed by atoms with Crippen LogP contribution >= 0.6 is 0 Å². The zero-order valence-corrected chi connectivity index (χ0v) is 18.2. The molecule has 0 aliphatic heterocycles. The lowest BCUT2D eigenvalue weighted by Gasteiger charge is -2.26. The van der Waals surface area contributed by atoms with E-state index in [-0.39, 0.29) is 25.0 Å². The van der Waals surface area contributed by atoms with Crippen LogP contribution in [0, 0.1) is 18.3 Å². The summed E-state index contributed by atoms with van der Waals surface area (Å²) in [6.07, 6.45) is 6.65. The van der Waals surface area contributed by atoms with Gasteiger partial charge in [-0.15, -0.1) is 6.42 Å². The van der Waals surface area contributed by atoms with Crippen molar-refractivity contribution in [2.45, 2.75) is 31.2 Å². The largest absolute Gasteiger partial charge is 0.480 e. The summed E-state index contributed by atoms with van der Waals surface area (Å²) in [6, 6.07) is 15.8. The molecule has 1 saturated carbocycles. The highest BCUT2D eigenvalue weighted by Gasteiger charge is 2.37. The number of hydrogen-bond donors (Lipinski definition) is 2. The Bertz CT molecular complexity index is 1060. The summed E-state index contributed by atoms with van der Waals surface area (Å²) in [5.41, 5.74) is 4.55. The molecule has 2 N–H and O–H groups in total. The molecule has 0 saturated heterocycles. The standard InChI is InChI=1S/C26H26N2O5/c1-2-14-28(15-24(29)30)25(31)21-12-7-13-23(21)27-26(32)33-16-22-19-10-5-3-8-17(19)18-9-4-6-11-20(18)22/h1,3-6,8-11,21-23H,7,12-16H2,(H,27,32)(H,29,30)/t21-,23+/m1/s1. The first-order valence-electron chi connectivity index (χ1n) is 11.0. The molecule has 2 aromatic rings. The summed E-state index contributed by atoms with van der Waals surface area (Å²) >= 11 is 0. The molecule has 7 heteroatoms. The van der Waals surface area contributed by atoms with E-state index in [0.717, 1.165) is 33.6 Å². The molecule has 0 bridgehead atoms. The van der Waals surface area contributed by atoms with Crippen LogP contribution in [0.25, 0.3) is 11.1 Å². The number of alkyl carbamates (subject to hydrolysis) is 1. The number of carbonyl (C=O) groups excluding carboxylic acids is 2. The average molecular weight is 447 g/mol. The van der Waals surface area contributed by atoms with Gasteiger partial charge in [0.05, 0.1) is 12.5 Å². The van der Waals surface area contributed by atoms with E-state index in [1.807, 2.05) is 24.3 Å². The van der Waals surface area contributed by atoms with Gasteiger partial charge in [0, 0.05) is 12.0 Å². The molecule has 0 heterocycles. The van der Waals surface area contributed by atoms with Crippen LogP contribution in [0.1, 0.15) is 36.3 Å². The fourth-order valence-corrected chi connectivity index (χ4v) is 4.94. The summed E-state index contributed by atoms with van der Waals surface area (Å²) < 4.78 is 5.60. The van der Waals surface area contributed by atoms with Crippen LogP contribution in [0.3, 0.4) is 0 Å². The molecular weight excluding hydrogens is 420 g/mol. The van der Waals surface area contributed by atoms with Crippen molar-refractivity contribution >= 4 is 18.0 Å². The van der Waals surface area contributed by atoms with Crippen molar-refractivity contribution in [1.82, 2.24) is 10.2 Å². The molecule has 0 unspecified atom stereocenters. The number of carboxylic acid groups (broad SMARTS) is 1. The summed E-state index contributed by atoms with van der Waals surface area (Å²) in [6.45, 7) is -0.357. The number of nitrogens with one attached hydrogen (secondary N) is 1. The number of amides is 2. The molecule has 0 spiro atoms. The van der Waals surface area contributed by atoms with Crippen LogP contribution in [0.15, 0.2) is 48.5 Å². The van der Waals surface area contributed by atoms with E-state index >= 15 is 0 Å². The van der Waals surface area contributed by atoms with Gasteiger partial charge in [0.25, 0.3) is 0 Å². The minimum absolute atomic E-state index is 0.0501. The van der Waals surface area contributed by atoms with Gasteiger partial charge >= 0.3 is 12.1 Å². The third kappa shape index (κ3) is 4.70. The quantitative estimate of drug-likeness (QED) is 0.637. The minimum atomic E-state index is -1.13. The normalized spacial score (nSPS) is 18.6. The highest BCUT2D eigenvalue weighted by atomic mass is 16.5. The number of carboxylic acids is 1. The zero-order valence-electron chi connectivity index (χ0n) is 18.2. The number of aliphatic carboxylic acids is 1. The van der Waals surface area contributed by atoms with Gasteiger partial charge in [0.15, 0.2) is 0 Å². The van der Waals surface area contributed by atoms with Crippen LogP contribution in [-0.2, 0) is 14.3 Å². The Kier molecular flexibility index (Phi) is 6.64. The van der Waals surface area contributed by atoms with Crippen molar-refractivity contribution in [2.24, 2.45) is 5.92 Å². The number of fused-ring (bicyclic) bond motifs is 3. The second kappa shape index (κ2) is 9.78. The summed E-state index contributed by atoms with van der Waals surface area (Å²) in [5, 5.41) is 11.9. The maximum Gasteiger partial charge on any atom is 0.407 e. The fraction of sp³-hybridized carbons (Fsp3) is 0.346. The lowest BCUT2D eigenvalue weighted by atomic mass is 9.98. The van der Waals surface area contributed by atoms with Crippen molar-refractivity contribution in [3.63, 3.8) is 0 Å².